The average Bonchev–Trinajstić information content (AvgIpc) is 2.67. The van der Waals surface area contributed by atoms with E-state index < -0.39 is 5.91 Å². The lowest BCUT2D eigenvalue weighted by molar-refractivity contribution is 0.0706. The molecule has 0 saturated heterocycles. The van der Waals surface area contributed by atoms with Crippen molar-refractivity contribution in [1.82, 2.24) is 5.48 Å². The Hall–Kier alpha value is -3.11. The van der Waals surface area contributed by atoms with Gasteiger partial charge in [0.05, 0.1) is 0 Å². The number of rotatable bonds is 5. The number of aryl methyl sites for hydroxylation is 1. The fraction of sp³-hybridized carbons (Fsp3) is 0.0952. The zero-order valence-electron chi connectivity index (χ0n) is 13.9. The van der Waals surface area contributed by atoms with Crippen molar-refractivity contribution in [2.75, 3.05) is 0 Å². The monoisotopic (exact) mass is 333 g/mol. The number of hydrogen-bond donors (Lipinski definition) is 2. The van der Waals surface area contributed by atoms with Gasteiger partial charge < -0.3 is 4.74 Å². The van der Waals surface area contributed by atoms with E-state index >= 15 is 0 Å². The van der Waals surface area contributed by atoms with Gasteiger partial charge in [0.25, 0.3) is 5.91 Å². The number of nitrogens with one attached hydrogen (secondary N) is 1. The number of hydroxylamine groups is 1. The van der Waals surface area contributed by atoms with E-state index in [4.69, 9.17) is 9.94 Å². The van der Waals surface area contributed by atoms with Gasteiger partial charge >= 0.3 is 0 Å². The van der Waals surface area contributed by atoms with Crippen LogP contribution < -0.4 is 10.2 Å². The Balaban J connectivity index is 1.72. The second-order valence-electron chi connectivity index (χ2n) is 5.82. The van der Waals surface area contributed by atoms with Crippen LogP contribution in [0, 0.1) is 6.92 Å². The molecule has 1 amide bonds. The van der Waals surface area contributed by atoms with E-state index in [2.05, 4.69) is 6.07 Å². The molecule has 4 nitrogen and oxygen atoms in total. The van der Waals surface area contributed by atoms with Crippen LogP contribution in [0.5, 0.6) is 5.75 Å². The van der Waals surface area contributed by atoms with Gasteiger partial charge in [-0.05, 0) is 53.9 Å². The highest BCUT2D eigenvalue weighted by atomic mass is 16.5. The molecule has 0 aliphatic heterocycles. The van der Waals surface area contributed by atoms with Crippen molar-refractivity contribution in [1.29, 1.82) is 0 Å². The molecular weight excluding hydrogens is 314 g/mol. The van der Waals surface area contributed by atoms with Crippen molar-refractivity contribution < 1.29 is 14.7 Å². The largest absolute Gasteiger partial charge is 0.489 e. The Labute approximate surface area is 146 Å². The van der Waals surface area contributed by atoms with Crippen LogP contribution in [0.2, 0.25) is 0 Å². The van der Waals surface area contributed by atoms with E-state index in [0.29, 0.717) is 12.2 Å². The zero-order valence-corrected chi connectivity index (χ0v) is 13.9. The maximum Gasteiger partial charge on any atom is 0.274 e. The van der Waals surface area contributed by atoms with Crippen molar-refractivity contribution in [2.45, 2.75) is 13.5 Å². The van der Waals surface area contributed by atoms with Crippen LogP contribution in [0.15, 0.2) is 72.8 Å². The van der Waals surface area contributed by atoms with Crippen molar-refractivity contribution in [3.05, 3.63) is 89.5 Å². The van der Waals surface area contributed by atoms with E-state index in [1.807, 2.05) is 61.5 Å². The molecule has 3 aromatic carbocycles. The highest BCUT2D eigenvalue weighted by molar-refractivity contribution is 5.93. The van der Waals surface area contributed by atoms with Crippen LogP contribution in [0.3, 0.4) is 0 Å². The van der Waals surface area contributed by atoms with E-state index in [9.17, 15) is 4.79 Å². The Morgan fingerprint density at radius 3 is 2.36 bits per heavy atom. The van der Waals surface area contributed by atoms with E-state index in [1.54, 1.807) is 17.6 Å². The lowest BCUT2D eigenvalue weighted by Crippen LogP contribution is -2.18. The number of hydrogen-bond acceptors (Lipinski definition) is 3. The van der Waals surface area contributed by atoms with Gasteiger partial charge in [-0.3, -0.25) is 10.0 Å². The van der Waals surface area contributed by atoms with Gasteiger partial charge in [-0.2, -0.15) is 0 Å². The molecule has 0 radical (unpaired) electrons. The summed E-state index contributed by atoms with van der Waals surface area (Å²) in [4.78, 5) is 11.4. The third-order valence-corrected chi connectivity index (χ3v) is 3.94. The van der Waals surface area contributed by atoms with Gasteiger partial charge in [0.1, 0.15) is 12.4 Å². The molecule has 2 N–H and O–H groups in total. The number of amides is 1. The summed E-state index contributed by atoms with van der Waals surface area (Å²) in [5.74, 6) is 0.321. The summed E-state index contributed by atoms with van der Waals surface area (Å²) in [6.07, 6.45) is 0. The number of ether oxygens (including phenoxy) is 1. The third-order valence-electron chi connectivity index (χ3n) is 3.94. The lowest BCUT2D eigenvalue weighted by Gasteiger charge is -2.09. The molecule has 0 spiro atoms. The summed E-state index contributed by atoms with van der Waals surface area (Å²) in [6, 6.07) is 23.1. The first-order valence-corrected chi connectivity index (χ1v) is 7.99. The minimum Gasteiger partial charge on any atom is -0.489 e. The lowest BCUT2D eigenvalue weighted by atomic mass is 10.0. The Morgan fingerprint density at radius 2 is 1.68 bits per heavy atom. The Bertz CT molecular complexity index is 855. The molecule has 0 saturated carbocycles. The molecule has 0 fully saturated rings. The number of carbonyl (C=O) groups excluding carboxylic acids is 1. The van der Waals surface area contributed by atoms with Gasteiger partial charge in [0, 0.05) is 5.56 Å². The maximum atomic E-state index is 11.4. The summed E-state index contributed by atoms with van der Waals surface area (Å²) < 4.78 is 5.82. The summed E-state index contributed by atoms with van der Waals surface area (Å²) in [5.41, 5.74) is 6.34. The van der Waals surface area contributed by atoms with E-state index in [-0.39, 0.29) is 0 Å². The molecule has 0 atom stereocenters. The molecule has 0 bridgehead atoms. The number of carbonyl (C=O) groups is 1. The SMILES string of the molecule is Cc1ccc(OCc2cccc(-c3ccc(C(=O)NO)cc3)c2)cc1. The molecule has 0 aliphatic rings. The summed E-state index contributed by atoms with van der Waals surface area (Å²) in [5, 5.41) is 8.67. The van der Waals surface area contributed by atoms with Crippen LogP contribution in [-0.4, -0.2) is 11.1 Å². The van der Waals surface area contributed by atoms with Crippen LogP contribution in [0.4, 0.5) is 0 Å². The summed E-state index contributed by atoms with van der Waals surface area (Å²) in [6.45, 7) is 2.53. The molecule has 126 valence electrons. The highest BCUT2D eigenvalue weighted by Gasteiger charge is 2.05. The molecule has 4 heteroatoms. The third kappa shape index (κ3) is 4.25. The molecule has 0 heterocycles. The van der Waals surface area contributed by atoms with Gasteiger partial charge in [0.15, 0.2) is 0 Å². The standard InChI is InChI=1S/C21H19NO3/c1-15-5-11-20(12-6-15)25-14-16-3-2-4-19(13-16)17-7-9-18(10-8-17)21(23)22-24/h2-13,24H,14H2,1H3,(H,22,23). The fourth-order valence-electron chi connectivity index (χ4n) is 2.52. The average molecular weight is 333 g/mol. The smallest absolute Gasteiger partial charge is 0.274 e. The predicted molar refractivity (Wildman–Crippen MR) is 96.6 cm³/mol. The summed E-state index contributed by atoms with van der Waals surface area (Å²) in [7, 11) is 0. The molecule has 3 aromatic rings. The van der Waals surface area contributed by atoms with Gasteiger partial charge in [-0.25, -0.2) is 5.48 Å². The first-order valence-electron chi connectivity index (χ1n) is 7.99. The maximum absolute atomic E-state index is 11.4. The van der Waals surface area contributed by atoms with E-state index in [0.717, 1.165) is 22.4 Å². The topological polar surface area (TPSA) is 58.6 Å². The quantitative estimate of drug-likeness (QED) is 0.539. The van der Waals surface area contributed by atoms with Crippen molar-refractivity contribution in [3.63, 3.8) is 0 Å². The first-order chi connectivity index (χ1) is 12.2. The molecule has 3 rings (SSSR count). The molecule has 0 aromatic heterocycles. The second-order valence-corrected chi connectivity index (χ2v) is 5.82. The second kappa shape index (κ2) is 7.64. The molecule has 25 heavy (non-hydrogen) atoms. The predicted octanol–water partition coefficient (Wildman–Crippen LogP) is 4.36. The Morgan fingerprint density at radius 1 is 0.960 bits per heavy atom. The van der Waals surface area contributed by atoms with Crippen LogP contribution >= 0.6 is 0 Å². The molecule has 0 aliphatic carbocycles. The van der Waals surface area contributed by atoms with Crippen LogP contribution in [0.25, 0.3) is 11.1 Å². The summed E-state index contributed by atoms with van der Waals surface area (Å²) >= 11 is 0. The van der Waals surface area contributed by atoms with Gasteiger partial charge in [0.2, 0.25) is 0 Å². The minimum atomic E-state index is -0.521. The van der Waals surface area contributed by atoms with Gasteiger partial charge in [-0.15, -0.1) is 0 Å². The van der Waals surface area contributed by atoms with Gasteiger partial charge in [-0.1, -0.05) is 48.0 Å². The van der Waals surface area contributed by atoms with Crippen molar-refractivity contribution in [2.24, 2.45) is 0 Å². The van der Waals surface area contributed by atoms with Crippen LogP contribution in [0.1, 0.15) is 21.5 Å². The molecule has 0 unspecified atom stereocenters. The highest BCUT2D eigenvalue weighted by Crippen LogP contribution is 2.22. The van der Waals surface area contributed by atoms with E-state index in [1.165, 1.54) is 5.56 Å². The first kappa shape index (κ1) is 16.7. The van der Waals surface area contributed by atoms with Crippen molar-refractivity contribution >= 4 is 5.91 Å². The Kier molecular flexibility index (Phi) is 5.11. The normalized spacial score (nSPS) is 10.3. The molecular formula is C21H19NO3. The zero-order chi connectivity index (χ0) is 17.6. The number of benzene rings is 3. The minimum absolute atomic E-state index is 0.408. The van der Waals surface area contributed by atoms with Crippen LogP contribution in [-0.2, 0) is 6.61 Å². The fourth-order valence-corrected chi connectivity index (χ4v) is 2.52. The van der Waals surface area contributed by atoms with Crippen molar-refractivity contribution in [3.8, 4) is 16.9 Å².